The molecule has 0 amide bonds. The molecule has 3 heterocycles. The maximum Gasteiger partial charge on any atom is 0.161 e. The van der Waals surface area contributed by atoms with Crippen molar-refractivity contribution in [3.05, 3.63) is 35.8 Å². The van der Waals surface area contributed by atoms with Crippen LogP contribution in [-0.2, 0) is 12.8 Å². The van der Waals surface area contributed by atoms with Crippen molar-refractivity contribution in [1.29, 1.82) is 0 Å². The van der Waals surface area contributed by atoms with Crippen LogP contribution >= 0.6 is 0 Å². The van der Waals surface area contributed by atoms with Crippen molar-refractivity contribution in [2.45, 2.75) is 52.0 Å². The second-order valence-corrected chi connectivity index (χ2v) is 7.07. The Hall–Kier alpha value is -1.97. The van der Waals surface area contributed by atoms with E-state index >= 15 is 0 Å². The lowest BCUT2D eigenvalue weighted by Crippen LogP contribution is -2.42. The second kappa shape index (κ2) is 5.91. The van der Waals surface area contributed by atoms with Gasteiger partial charge in [-0.3, -0.25) is 4.98 Å². The largest absolute Gasteiger partial charge is 0.353 e. The van der Waals surface area contributed by atoms with E-state index in [2.05, 4.69) is 23.7 Å². The zero-order valence-corrected chi connectivity index (χ0v) is 14.0. The SMILES string of the molecule is CC1CCC(C)N(c2nc(-c3ccncc3)nc3c2CCC3)C1. The van der Waals surface area contributed by atoms with Crippen molar-refractivity contribution in [2.24, 2.45) is 5.92 Å². The number of pyridine rings is 1. The lowest BCUT2D eigenvalue weighted by atomic mass is 9.94. The highest BCUT2D eigenvalue weighted by atomic mass is 15.2. The lowest BCUT2D eigenvalue weighted by Gasteiger charge is -2.38. The summed E-state index contributed by atoms with van der Waals surface area (Å²) in [5.74, 6) is 2.79. The highest BCUT2D eigenvalue weighted by molar-refractivity contribution is 5.61. The van der Waals surface area contributed by atoms with Crippen LogP contribution < -0.4 is 4.90 Å². The molecule has 4 heteroatoms. The van der Waals surface area contributed by atoms with E-state index in [1.54, 1.807) is 0 Å². The summed E-state index contributed by atoms with van der Waals surface area (Å²) in [7, 11) is 0. The van der Waals surface area contributed by atoms with Crippen molar-refractivity contribution >= 4 is 5.82 Å². The van der Waals surface area contributed by atoms with Crippen LogP contribution in [0.5, 0.6) is 0 Å². The van der Waals surface area contributed by atoms with Crippen molar-refractivity contribution in [3.63, 3.8) is 0 Å². The van der Waals surface area contributed by atoms with Crippen LogP contribution in [0.3, 0.4) is 0 Å². The molecule has 1 fully saturated rings. The Morgan fingerprint density at radius 2 is 1.87 bits per heavy atom. The number of hydrogen-bond donors (Lipinski definition) is 0. The highest BCUT2D eigenvalue weighted by Gasteiger charge is 2.29. The molecule has 1 saturated heterocycles. The predicted molar refractivity (Wildman–Crippen MR) is 92.5 cm³/mol. The molecule has 0 spiro atoms. The quantitative estimate of drug-likeness (QED) is 0.849. The molecule has 0 saturated carbocycles. The van der Waals surface area contributed by atoms with Crippen LogP contribution in [0.15, 0.2) is 24.5 Å². The summed E-state index contributed by atoms with van der Waals surface area (Å²) in [6, 6.07) is 4.57. The van der Waals surface area contributed by atoms with Gasteiger partial charge in [-0.15, -0.1) is 0 Å². The first-order valence-electron chi connectivity index (χ1n) is 8.79. The summed E-state index contributed by atoms with van der Waals surface area (Å²) in [4.78, 5) is 16.5. The molecule has 1 aliphatic carbocycles. The molecule has 0 radical (unpaired) electrons. The van der Waals surface area contributed by atoms with Gasteiger partial charge in [-0.25, -0.2) is 9.97 Å². The molecule has 0 bridgehead atoms. The van der Waals surface area contributed by atoms with Gasteiger partial charge >= 0.3 is 0 Å². The molecule has 1 aliphatic heterocycles. The summed E-state index contributed by atoms with van der Waals surface area (Å²) in [6.07, 6.45) is 9.62. The van der Waals surface area contributed by atoms with Crippen molar-refractivity contribution < 1.29 is 0 Å². The Balaban J connectivity index is 1.81. The monoisotopic (exact) mass is 308 g/mol. The number of nitrogens with zero attached hydrogens (tertiary/aromatic N) is 4. The van der Waals surface area contributed by atoms with Gasteiger partial charge in [0.2, 0.25) is 0 Å². The fourth-order valence-electron chi connectivity index (χ4n) is 3.86. The van der Waals surface area contributed by atoms with Crippen LogP contribution in [0, 0.1) is 5.92 Å². The maximum absolute atomic E-state index is 5.01. The van der Waals surface area contributed by atoms with Gasteiger partial charge in [0, 0.05) is 41.8 Å². The number of piperidine rings is 1. The number of fused-ring (bicyclic) bond motifs is 1. The molecule has 4 rings (SSSR count). The summed E-state index contributed by atoms with van der Waals surface area (Å²) in [6.45, 7) is 5.80. The molecule has 2 aromatic rings. The molecule has 120 valence electrons. The van der Waals surface area contributed by atoms with Gasteiger partial charge in [-0.1, -0.05) is 6.92 Å². The van der Waals surface area contributed by atoms with Crippen LogP contribution in [0.4, 0.5) is 5.82 Å². The van der Waals surface area contributed by atoms with Gasteiger partial charge in [0.1, 0.15) is 5.82 Å². The van der Waals surface area contributed by atoms with E-state index in [0.29, 0.717) is 6.04 Å². The van der Waals surface area contributed by atoms with Gasteiger partial charge in [0.25, 0.3) is 0 Å². The molecule has 2 aromatic heterocycles. The van der Waals surface area contributed by atoms with Crippen molar-refractivity contribution in [1.82, 2.24) is 15.0 Å². The standard InChI is InChI=1S/C19H24N4/c1-13-6-7-14(2)23(12-13)19-16-4-3-5-17(16)21-18(22-19)15-8-10-20-11-9-15/h8-11,13-14H,3-7,12H2,1-2H3. The zero-order valence-electron chi connectivity index (χ0n) is 14.0. The Bertz CT molecular complexity index is 698. The molecule has 2 unspecified atom stereocenters. The second-order valence-electron chi connectivity index (χ2n) is 7.07. The van der Waals surface area contributed by atoms with Crippen LogP contribution in [-0.4, -0.2) is 27.5 Å². The number of aryl methyl sites for hydroxylation is 1. The molecule has 4 nitrogen and oxygen atoms in total. The minimum Gasteiger partial charge on any atom is -0.353 e. The predicted octanol–water partition coefficient (Wildman–Crippen LogP) is 3.65. The third kappa shape index (κ3) is 2.71. The third-order valence-corrected chi connectivity index (χ3v) is 5.24. The molecule has 2 aliphatic rings. The van der Waals surface area contributed by atoms with E-state index in [9.17, 15) is 0 Å². The maximum atomic E-state index is 5.01. The average Bonchev–Trinajstić information content (AvgIpc) is 3.05. The number of hydrogen-bond acceptors (Lipinski definition) is 4. The first-order chi connectivity index (χ1) is 11.2. The Kier molecular flexibility index (Phi) is 3.76. The topological polar surface area (TPSA) is 41.9 Å². The summed E-state index contributed by atoms with van der Waals surface area (Å²) in [5.41, 5.74) is 3.71. The average molecular weight is 308 g/mol. The van der Waals surface area contributed by atoms with Gasteiger partial charge in [0.15, 0.2) is 5.82 Å². The molecule has 2 atom stereocenters. The van der Waals surface area contributed by atoms with Gasteiger partial charge in [-0.2, -0.15) is 0 Å². The Morgan fingerprint density at radius 1 is 1.04 bits per heavy atom. The first kappa shape index (κ1) is 14.6. The van der Waals surface area contributed by atoms with E-state index in [1.807, 2.05) is 24.5 Å². The number of aromatic nitrogens is 3. The molecule has 0 aromatic carbocycles. The summed E-state index contributed by atoms with van der Waals surface area (Å²) in [5, 5.41) is 0. The van der Waals surface area contributed by atoms with Crippen molar-refractivity contribution in [3.8, 4) is 11.4 Å². The van der Waals surface area contributed by atoms with Gasteiger partial charge < -0.3 is 4.90 Å². The van der Waals surface area contributed by atoms with Crippen LogP contribution in [0.1, 0.15) is 44.4 Å². The van der Waals surface area contributed by atoms with E-state index in [1.165, 1.54) is 36.3 Å². The Morgan fingerprint density at radius 3 is 2.70 bits per heavy atom. The van der Waals surface area contributed by atoms with E-state index in [0.717, 1.165) is 36.7 Å². The number of rotatable bonds is 2. The smallest absolute Gasteiger partial charge is 0.161 e. The van der Waals surface area contributed by atoms with E-state index in [-0.39, 0.29) is 0 Å². The minimum atomic E-state index is 0.566. The van der Waals surface area contributed by atoms with Gasteiger partial charge in [-0.05, 0) is 57.1 Å². The third-order valence-electron chi connectivity index (χ3n) is 5.24. The Labute approximate surface area is 138 Å². The van der Waals surface area contributed by atoms with Crippen LogP contribution in [0.25, 0.3) is 11.4 Å². The molecular formula is C19H24N4. The zero-order chi connectivity index (χ0) is 15.8. The fraction of sp³-hybridized carbons (Fsp3) is 0.526. The molecule has 0 N–H and O–H groups in total. The minimum absolute atomic E-state index is 0.566. The number of anilines is 1. The van der Waals surface area contributed by atoms with Crippen molar-refractivity contribution in [2.75, 3.05) is 11.4 Å². The van der Waals surface area contributed by atoms with Gasteiger partial charge in [0.05, 0.1) is 0 Å². The summed E-state index contributed by atoms with van der Waals surface area (Å²) >= 11 is 0. The first-order valence-corrected chi connectivity index (χ1v) is 8.79. The highest BCUT2D eigenvalue weighted by Crippen LogP contribution is 2.35. The lowest BCUT2D eigenvalue weighted by molar-refractivity contribution is 0.387. The fourth-order valence-corrected chi connectivity index (χ4v) is 3.86. The van der Waals surface area contributed by atoms with Crippen LogP contribution in [0.2, 0.25) is 0 Å². The van der Waals surface area contributed by atoms with E-state index < -0.39 is 0 Å². The normalized spacial score (nSPS) is 23.8. The molecular weight excluding hydrogens is 284 g/mol. The molecule has 23 heavy (non-hydrogen) atoms. The summed E-state index contributed by atoms with van der Waals surface area (Å²) < 4.78 is 0. The van der Waals surface area contributed by atoms with E-state index in [4.69, 9.17) is 9.97 Å².